The molecular formula is C32H48N4O3. The lowest BCUT2D eigenvalue weighted by atomic mass is 9.87. The average molecular weight is 537 g/mol. The summed E-state index contributed by atoms with van der Waals surface area (Å²) in [6.45, 7) is 15.8. The highest BCUT2D eigenvalue weighted by atomic mass is 16.5. The molecule has 214 valence electrons. The number of hydrogen-bond acceptors (Lipinski definition) is 6. The Morgan fingerprint density at radius 3 is 2.26 bits per heavy atom. The number of allylic oxidation sites excluding steroid dienone is 1. The Balaban J connectivity index is 1.11. The van der Waals surface area contributed by atoms with Crippen LogP contribution in [0.4, 0.5) is 5.69 Å². The summed E-state index contributed by atoms with van der Waals surface area (Å²) in [5.41, 5.74) is 3.94. The number of ether oxygens (including phenoxy) is 1. The molecule has 7 heteroatoms. The van der Waals surface area contributed by atoms with Gasteiger partial charge in [-0.05, 0) is 74.8 Å². The molecule has 0 radical (unpaired) electrons. The SMILES string of the molecule is CCOC(=O)C1C=CC(=NC2CCN(C(=O)CCCN3CCN(c4ccc(C(C)(C)C)cc4)CC3)CC2)CC1. The van der Waals surface area contributed by atoms with E-state index in [4.69, 9.17) is 9.73 Å². The molecule has 1 amide bonds. The maximum atomic E-state index is 12.8. The molecule has 1 aromatic rings. The normalized spacial score (nSPS) is 22.4. The molecule has 2 heterocycles. The van der Waals surface area contributed by atoms with Gasteiger partial charge in [0.05, 0.1) is 18.6 Å². The Kier molecular flexibility index (Phi) is 10.2. The highest BCUT2D eigenvalue weighted by molar-refractivity contribution is 5.97. The lowest BCUT2D eigenvalue weighted by molar-refractivity contribution is -0.146. The Labute approximate surface area is 235 Å². The number of anilines is 1. The molecule has 0 spiro atoms. The van der Waals surface area contributed by atoms with Gasteiger partial charge in [0, 0.05) is 57.1 Å². The van der Waals surface area contributed by atoms with E-state index in [2.05, 4.69) is 54.8 Å². The van der Waals surface area contributed by atoms with Gasteiger partial charge in [-0.3, -0.25) is 19.5 Å². The summed E-state index contributed by atoms with van der Waals surface area (Å²) in [4.78, 5) is 36.7. The number of esters is 1. The van der Waals surface area contributed by atoms with Gasteiger partial charge in [-0.2, -0.15) is 0 Å². The molecule has 2 aliphatic heterocycles. The van der Waals surface area contributed by atoms with Crippen molar-refractivity contribution in [2.45, 2.75) is 77.7 Å². The van der Waals surface area contributed by atoms with Crippen molar-refractivity contribution in [1.82, 2.24) is 9.80 Å². The summed E-state index contributed by atoms with van der Waals surface area (Å²) in [5, 5.41) is 0. The first-order chi connectivity index (χ1) is 18.7. The molecule has 1 aromatic carbocycles. The minimum absolute atomic E-state index is 0.135. The molecular weight excluding hydrogens is 488 g/mol. The summed E-state index contributed by atoms with van der Waals surface area (Å²) in [6, 6.07) is 9.32. The quantitative estimate of drug-likeness (QED) is 0.445. The highest BCUT2D eigenvalue weighted by Gasteiger charge is 2.25. The molecule has 0 saturated carbocycles. The van der Waals surface area contributed by atoms with Crippen LogP contribution in [0.2, 0.25) is 0 Å². The Bertz CT molecular complexity index is 1010. The number of aliphatic imine (C=N–C) groups is 1. The Morgan fingerprint density at radius 2 is 1.67 bits per heavy atom. The molecule has 3 aliphatic rings. The average Bonchev–Trinajstić information content (AvgIpc) is 2.94. The summed E-state index contributed by atoms with van der Waals surface area (Å²) in [6.07, 6.45) is 8.90. The number of hydrogen-bond donors (Lipinski definition) is 0. The number of rotatable bonds is 8. The van der Waals surface area contributed by atoms with Crippen LogP contribution in [0.25, 0.3) is 0 Å². The van der Waals surface area contributed by atoms with Gasteiger partial charge in [-0.25, -0.2) is 0 Å². The monoisotopic (exact) mass is 536 g/mol. The molecule has 0 aromatic heterocycles. The van der Waals surface area contributed by atoms with Crippen molar-refractivity contribution in [2.24, 2.45) is 10.9 Å². The van der Waals surface area contributed by atoms with Crippen LogP contribution >= 0.6 is 0 Å². The number of amides is 1. The third kappa shape index (κ3) is 8.41. The predicted molar refractivity (Wildman–Crippen MR) is 159 cm³/mol. The van der Waals surface area contributed by atoms with Crippen molar-refractivity contribution in [3.8, 4) is 0 Å². The van der Waals surface area contributed by atoms with Crippen molar-refractivity contribution in [2.75, 3.05) is 57.3 Å². The molecule has 2 fully saturated rings. The molecule has 1 aliphatic carbocycles. The lowest BCUT2D eigenvalue weighted by Gasteiger charge is -2.36. The van der Waals surface area contributed by atoms with Gasteiger partial charge in [0.2, 0.25) is 5.91 Å². The number of piperazine rings is 1. The van der Waals surface area contributed by atoms with Gasteiger partial charge >= 0.3 is 5.97 Å². The number of carbonyl (C=O) groups excluding carboxylic acids is 2. The van der Waals surface area contributed by atoms with Crippen molar-refractivity contribution in [3.63, 3.8) is 0 Å². The van der Waals surface area contributed by atoms with E-state index in [1.54, 1.807) is 0 Å². The van der Waals surface area contributed by atoms with E-state index < -0.39 is 0 Å². The van der Waals surface area contributed by atoms with Crippen LogP contribution in [0.15, 0.2) is 41.4 Å². The first kappa shape index (κ1) is 29.3. The van der Waals surface area contributed by atoms with Crippen LogP contribution in [0.5, 0.6) is 0 Å². The fourth-order valence-electron chi connectivity index (χ4n) is 5.76. The summed E-state index contributed by atoms with van der Waals surface area (Å²) in [5.74, 6) is 0.00956. The smallest absolute Gasteiger partial charge is 0.312 e. The van der Waals surface area contributed by atoms with Gasteiger partial charge in [0.15, 0.2) is 0 Å². The van der Waals surface area contributed by atoms with Gasteiger partial charge < -0.3 is 14.5 Å². The molecule has 0 N–H and O–H groups in total. The van der Waals surface area contributed by atoms with Gasteiger partial charge in [-0.15, -0.1) is 0 Å². The van der Waals surface area contributed by atoms with Crippen molar-refractivity contribution >= 4 is 23.3 Å². The molecule has 4 rings (SSSR count). The van der Waals surface area contributed by atoms with Crippen LogP contribution in [0.3, 0.4) is 0 Å². The zero-order valence-electron chi connectivity index (χ0n) is 24.5. The summed E-state index contributed by atoms with van der Waals surface area (Å²) in [7, 11) is 0. The van der Waals surface area contributed by atoms with Crippen LogP contribution in [0, 0.1) is 5.92 Å². The predicted octanol–water partition coefficient (Wildman–Crippen LogP) is 4.85. The Morgan fingerprint density at radius 1 is 0.974 bits per heavy atom. The largest absolute Gasteiger partial charge is 0.466 e. The van der Waals surface area contributed by atoms with E-state index >= 15 is 0 Å². The second-order valence-electron chi connectivity index (χ2n) is 12.2. The lowest BCUT2D eigenvalue weighted by Crippen LogP contribution is -2.47. The highest BCUT2D eigenvalue weighted by Crippen LogP contribution is 2.26. The number of piperidine rings is 1. The maximum Gasteiger partial charge on any atom is 0.312 e. The van der Waals surface area contributed by atoms with Crippen LogP contribution in [0.1, 0.15) is 71.8 Å². The third-order valence-corrected chi connectivity index (χ3v) is 8.32. The fraction of sp³-hybridized carbons (Fsp3) is 0.656. The minimum Gasteiger partial charge on any atom is -0.466 e. The fourth-order valence-corrected chi connectivity index (χ4v) is 5.76. The number of likely N-dealkylation sites (tertiary alicyclic amines) is 1. The van der Waals surface area contributed by atoms with Crippen molar-refractivity contribution in [3.05, 3.63) is 42.0 Å². The van der Waals surface area contributed by atoms with E-state index in [-0.39, 0.29) is 29.3 Å². The van der Waals surface area contributed by atoms with Crippen molar-refractivity contribution < 1.29 is 14.3 Å². The number of nitrogens with zero attached hydrogens (tertiary/aromatic N) is 4. The maximum absolute atomic E-state index is 12.8. The number of benzene rings is 1. The van der Waals surface area contributed by atoms with Crippen LogP contribution < -0.4 is 4.90 Å². The molecule has 1 atom stereocenters. The third-order valence-electron chi connectivity index (χ3n) is 8.32. The summed E-state index contributed by atoms with van der Waals surface area (Å²) >= 11 is 0. The molecule has 39 heavy (non-hydrogen) atoms. The topological polar surface area (TPSA) is 65.5 Å². The van der Waals surface area contributed by atoms with E-state index in [0.29, 0.717) is 13.0 Å². The molecule has 2 saturated heterocycles. The second kappa shape index (κ2) is 13.6. The Hall–Kier alpha value is -2.67. The summed E-state index contributed by atoms with van der Waals surface area (Å²) < 4.78 is 5.12. The standard InChI is InChI=1S/C32H48N4O3/c1-5-39-31(38)25-8-12-27(13-9-25)33-28-16-19-36(20-17-28)30(37)7-6-18-34-21-23-35(24-22-34)29-14-10-26(11-15-29)32(2,3)4/h8,10-12,14-15,25,28H,5-7,9,13,16-24H2,1-4H3. The van der Waals surface area contributed by atoms with E-state index in [1.165, 1.54) is 11.3 Å². The van der Waals surface area contributed by atoms with E-state index in [9.17, 15) is 9.59 Å². The van der Waals surface area contributed by atoms with Gasteiger partial charge in [-0.1, -0.05) is 39.0 Å². The second-order valence-corrected chi connectivity index (χ2v) is 12.2. The molecule has 7 nitrogen and oxygen atoms in total. The van der Waals surface area contributed by atoms with Gasteiger partial charge in [0.1, 0.15) is 0 Å². The first-order valence-electron chi connectivity index (χ1n) is 15.0. The zero-order valence-corrected chi connectivity index (χ0v) is 24.5. The van der Waals surface area contributed by atoms with E-state index in [0.717, 1.165) is 83.6 Å². The van der Waals surface area contributed by atoms with Gasteiger partial charge in [0.25, 0.3) is 0 Å². The molecule has 0 bridgehead atoms. The van der Waals surface area contributed by atoms with Crippen molar-refractivity contribution in [1.29, 1.82) is 0 Å². The van der Waals surface area contributed by atoms with Crippen LogP contribution in [-0.4, -0.2) is 85.9 Å². The van der Waals surface area contributed by atoms with E-state index in [1.807, 2.05) is 24.0 Å². The number of carbonyl (C=O) groups is 2. The minimum atomic E-state index is -0.141. The molecule has 1 unspecified atom stereocenters. The zero-order chi connectivity index (χ0) is 27.8. The van der Waals surface area contributed by atoms with Crippen LogP contribution in [-0.2, 0) is 19.7 Å². The first-order valence-corrected chi connectivity index (χ1v) is 15.0.